The fourth-order valence-electron chi connectivity index (χ4n) is 3.01. The molecule has 20 heavy (non-hydrogen) atoms. The Labute approximate surface area is 118 Å². The van der Waals surface area contributed by atoms with Crippen LogP contribution in [0, 0.1) is 0 Å². The van der Waals surface area contributed by atoms with Crippen molar-refractivity contribution in [1.82, 2.24) is 5.32 Å². The Kier molecular flexibility index (Phi) is 4.64. The summed E-state index contributed by atoms with van der Waals surface area (Å²) in [5, 5.41) is 3.25. The van der Waals surface area contributed by atoms with Crippen LogP contribution < -0.4 is 5.32 Å². The third-order valence-electron chi connectivity index (χ3n) is 4.47. The van der Waals surface area contributed by atoms with Crippen LogP contribution in [0.2, 0.25) is 0 Å². The molecule has 2 unspecified atom stereocenters. The predicted molar refractivity (Wildman–Crippen MR) is 69.7 cm³/mol. The minimum Gasteiger partial charge on any atom is -0.456 e. The molecule has 2 aliphatic heterocycles. The van der Waals surface area contributed by atoms with Crippen LogP contribution in [0.4, 0.5) is 8.78 Å². The zero-order chi connectivity index (χ0) is 14.8. The Morgan fingerprint density at radius 2 is 2.00 bits per heavy atom. The highest BCUT2D eigenvalue weighted by molar-refractivity contribution is 5.79. The summed E-state index contributed by atoms with van der Waals surface area (Å²) in [6.45, 7) is 5.17. The first-order valence-electron chi connectivity index (χ1n) is 7.37. The van der Waals surface area contributed by atoms with Gasteiger partial charge in [0.15, 0.2) is 0 Å². The van der Waals surface area contributed by atoms with E-state index in [2.05, 4.69) is 23.9 Å². The van der Waals surface area contributed by atoms with Crippen molar-refractivity contribution in [3.05, 3.63) is 0 Å². The Balaban J connectivity index is 1.81. The molecule has 2 heterocycles. The summed E-state index contributed by atoms with van der Waals surface area (Å²) in [7, 11) is 0. The first-order chi connectivity index (χ1) is 9.41. The highest BCUT2D eigenvalue weighted by Gasteiger charge is 2.50. The van der Waals surface area contributed by atoms with E-state index in [-0.39, 0.29) is 18.2 Å². The van der Waals surface area contributed by atoms with Gasteiger partial charge in [0.1, 0.15) is 6.10 Å². The number of rotatable bonds is 5. The van der Waals surface area contributed by atoms with E-state index < -0.39 is 24.4 Å². The Morgan fingerprint density at radius 1 is 1.30 bits per heavy atom. The Bertz CT molecular complexity index is 358. The molecule has 0 saturated carbocycles. The van der Waals surface area contributed by atoms with Crippen molar-refractivity contribution in [3.8, 4) is 0 Å². The molecule has 0 aromatic heterocycles. The van der Waals surface area contributed by atoms with Gasteiger partial charge in [0.05, 0.1) is 12.0 Å². The van der Waals surface area contributed by atoms with Gasteiger partial charge in [-0.2, -0.15) is 8.78 Å². The van der Waals surface area contributed by atoms with E-state index in [0.717, 1.165) is 25.7 Å². The van der Waals surface area contributed by atoms with Crippen LogP contribution in [-0.2, 0) is 14.3 Å². The van der Waals surface area contributed by atoms with Gasteiger partial charge in [-0.25, -0.2) is 4.79 Å². The standard InChI is InChI=1S/C14H23F2NO3/c1-3-13(4-2)7-10(5-6-19-13)17-9-11-8-14(15,16)12(18)20-11/h10-11,17H,3-9H2,1-2H3. The number of nitrogens with one attached hydrogen (secondary N) is 1. The maximum absolute atomic E-state index is 13.1. The van der Waals surface area contributed by atoms with Gasteiger partial charge in [-0.3, -0.25) is 0 Å². The molecule has 2 atom stereocenters. The van der Waals surface area contributed by atoms with E-state index in [4.69, 9.17) is 4.74 Å². The minimum atomic E-state index is -3.32. The number of esters is 1. The number of ether oxygens (including phenoxy) is 2. The average molecular weight is 291 g/mol. The SMILES string of the molecule is CCC1(CC)CC(NCC2CC(F)(F)C(=O)O2)CCO1. The fourth-order valence-corrected chi connectivity index (χ4v) is 3.01. The molecular formula is C14H23F2NO3. The molecule has 0 bridgehead atoms. The lowest BCUT2D eigenvalue weighted by molar-refractivity contribution is -0.159. The molecule has 0 amide bonds. The van der Waals surface area contributed by atoms with Gasteiger partial charge >= 0.3 is 11.9 Å². The molecule has 0 aromatic carbocycles. The van der Waals surface area contributed by atoms with Crippen LogP contribution >= 0.6 is 0 Å². The smallest absolute Gasteiger partial charge is 0.377 e. The van der Waals surface area contributed by atoms with E-state index in [0.29, 0.717) is 6.61 Å². The first-order valence-corrected chi connectivity index (χ1v) is 7.37. The van der Waals surface area contributed by atoms with E-state index in [1.54, 1.807) is 0 Å². The molecule has 116 valence electrons. The van der Waals surface area contributed by atoms with Gasteiger partial charge in [0, 0.05) is 19.2 Å². The van der Waals surface area contributed by atoms with E-state index in [9.17, 15) is 13.6 Å². The average Bonchev–Trinajstić information content (AvgIpc) is 2.70. The zero-order valence-corrected chi connectivity index (χ0v) is 12.1. The molecule has 6 heteroatoms. The summed E-state index contributed by atoms with van der Waals surface area (Å²) < 4.78 is 36.7. The van der Waals surface area contributed by atoms with Gasteiger partial charge in [-0.15, -0.1) is 0 Å². The normalized spacial score (nSPS) is 32.1. The molecule has 1 N–H and O–H groups in total. The highest BCUT2D eigenvalue weighted by atomic mass is 19.3. The third-order valence-corrected chi connectivity index (χ3v) is 4.47. The van der Waals surface area contributed by atoms with Crippen molar-refractivity contribution in [2.75, 3.05) is 13.2 Å². The van der Waals surface area contributed by atoms with Gasteiger partial charge in [-0.1, -0.05) is 13.8 Å². The zero-order valence-electron chi connectivity index (χ0n) is 12.1. The summed E-state index contributed by atoms with van der Waals surface area (Å²) in [5.74, 6) is -4.72. The van der Waals surface area contributed by atoms with Crippen molar-refractivity contribution in [1.29, 1.82) is 0 Å². The fraction of sp³-hybridized carbons (Fsp3) is 0.929. The summed E-state index contributed by atoms with van der Waals surface area (Å²) in [6, 6.07) is 0.233. The number of alkyl halides is 2. The topological polar surface area (TPSA) is 47.6 Å². The highest BCUT2D eigenvalue weighted by Crippen LogP contribution is 2.33. The summed E-state index contributed by atoms with van der Waals surface area (Å²) >= 11 is 0. The number of hydrogen-bond acceptors (Lipinski definition) is 4. The lowest BCUT2D eigenvalue weighted by Gasteiger charge is -2.40. The minimum absolute atomic E-state index is 0.105. The molecule has 0 spiro atoms. The second-order valence-corrected chi connectivity index (χ2v) is 5.77. The molecule has 2 saturated heterocycles. The van der Waals surface area contributed by atoms with E-state index in [1.165, 1.54) is 0 Å². The van der Waals surface area contributed by atoms with Crippen LogP contribution in [-0.4, -0.2) is 42.8 Å². The van der Waals surface area contributed by atoms with Crippen LogP contribution in [0.15, 0.2) is 0 Å². The number of hydrogen-bond donors (Lipinski definition) is 1. The van der Waals surface area contributed by atoms with Gasteiger partial charge in [-0.05, 0) is 25.7 Å². The second kappa shape index (κ2) is 5.93. The molecule has 0 aromatic rings. The van der Waals surface area contributed by atoms with Gasteiger partial charge < -0.3 is 14.8 Å². The molecule has 2 rings (SSSR count). The Hall–Kier alpha value is -0.750. The lowest BCUT2D eigenvalue weighted by Crippen LogP contribution is -2.48. The van der Waals surface area contributed by atoms with Gasteiger partial charge in [0.25, 0.3) is 0 Å². The van der Waals surface area contributed by atoms with Crippen molar-refractivity contribution in [2.45, 2.75) is 69.6 Å². The maximum atomic E-state index is 13.1. The monoisotopic (exact) mass is 291 g/mol. The van der Waals surface area contributed by atoms with Crippen molar-refractivity contribution >= 4 is 5.97 Å². The van der Waals surface area contributed by atoms with Crippen LogP contribution in [0.1, 0.15) is 46.0 Å². The third kappa shape index (κ3) is 3.28. The van der Waals surface area contributed by atoms with Crippen LogP contribution in [0.5, 0.6) is 0 Å². The van der Waals surface area contributed by atoms with Crippen molar-refractivity contribution in [2.24, 2.45) is 0 Å². The Morgan fingerprint density at radius 3 is 2.55 bits per heavy atom. The quantitative estimate of drug-likeness (QED) is 0.789. The first kappa shape index (κ1) is 15.6. The number of cyclic esters (lactones) is 1. The number of carbonyl (C=O) groups is 1. The van der Waals surface area contributed by atoms with Crippen molar-refractivity contribution in [3.63, 3.8) is 0 Å². The molecule has 0 aliphatic carbocycles. The summed E-state index contributed by atoms with van der Waals surface area (Å²) in [5.41, 5.74) is -0.105. The van der Waals surface area contributed by atoms with Crippen LogP contribution in [0.25, 0.3) is 0 Å². The molecular weight excluding hydrogens is 268 g/mol. The predicted octanol–water partition coefficient (Wildman–Crippen LogP) is 2.26. The summed E-state index contributed by atoms with van der Waals surface area (Å²) in [6.07, 6.45) is 2.37. The molecule has 4 nitrogen and oxygen atoms in total. The van der Waals surface area contributed by atoms with Crippen LogP contribution in [0.3, 0.4) is 0 Å². The van der Waals surface area contributed by atoms with Gasteiger partial charge in [0.2, 0.25) is 0 Å². The van der Waals surface area contributed by atoms with Crippen molar-refractivity contribution < 1.29 is 23.0 Å². The van der Waals surface area contributed by atoms with E-state index >= 15 is 0 Å². The lowest BCUT2D eigenvalue weighted by atomic mass is 9.86. The maximum Gasteiger partial charge on any atom is 0.377 e. The second-order valence-electron chi connectivity index (χ2n) is 5.77. The molecule has 2 fully saturated rings. The molecule has 0 radical (unpaired) electrons. The number of carbonyl (C=O) groups excluding carboxylic acids is 1. The molecule has 2 aliphatic rings. The summed E-state index contributed by atoms with van der Waals surface area (Å²) in [4.78, 5) is 10.9. The largest absolute Gasteiger partial charge is 0.456 e. The van der Waals surface area contributed by atoms with E-state index in [1.807, 2.05) is 0 Å². The number of halogens is 2.